The van der Waals surface area contributed by atoms with Gasteiger partial charge >= 0.3 is 11.9 Å². The number of anilines is 3. The summed E-state index contributed by atoms with van der Waals surface area (Å²) in [5, 5.41) is 16.9. The van der Waals surface area contributed by atoms with Crippen LogP contribution in [-0.2, 0) is 12.7 Å². The third-order valence-corrected chi connectivity index (χ3v) is 3.64. The molecule has 0 unspecified atom stereocenters. The van der Waals surface area contributed by atoms with Crippen LogP contribution in [0.25, 0.3) is 0 Å². The number of hydrogen-bond acceptors (Lipinski definition) is 7. The van der Waals surface area contributed by atoms with Gasteiger partial charge in [0.2, 0.25) is 11.6 Å². The van der Waals surface area contributed by atoms with Crippen LogP contribution in [0.5, 0.6) is 0 Å². The van der Waals surface area contributed by atoms with Crippen molar-refractivity contribution in [3.05, 3.63) is 76.4 Å². The highest BCUT2D eigenvalue weighted by Crippen LogP contribution is 2.34. The predicted molar refractivity (Wildman–Crippen MR) is 95.0 cm³/mol. The number of alkyl halides is 3. The number of rotatable bonds is 6. The Kier molecular flexibility index (Phi) is 5.34. The number of aromatic nitrogens is 3. The van der Waals surface area contributed by atoms with Crippen LogP contribution in [0.3, 0.4) is 0 Å². The Hall–Kier alpha value is -3.76. The van der Waals surface area contributed by atoms with Crippen molar-refractivity contribution in [1.82, 2.24) is 15.0 Å². The van der Waals surface area contributed by atoms with Crippen molar-refractivity contribution in [2.24, 2.45) is 0 Å². The average Bonchev–Trinajstić information content (AvgIpc) is 2.66. The molecule has 11 heteroatoms. The highest BCUT2D eigenvalue weighted by atomic mass is 19.4. The van der Waals surface area contributed by atoms with Crippen LogP contribution < -0.4 is 10.6 Å². The van der Waals surface area contributed by atoms with Crippen molar-refractivity contribution in [2.75, 3.05) is 10.6 Å². The lowest BCUT2D eigenvalue weighted by Crippen LogP contribution is -2.09. The van der Waals surface area contributed by atoms with Gasteiger partial charge in [0.1, 0.15) is 6.33 Å². The van der Waals surface area contributed by atoms with Crippen molar-refractivity contribution in [3.8, 4) is 0 Å². The first-order chi connectivity index (χ1) is 13.3. The highest BCUT2D eigenvalue weighted by Gasteiger charge is 2.31. The topological polar surface area (TPSA) is 106 Å². The summed E-state index contributed by atoms with van der Waals surface area (Å²) in [4.78, 5) is 22.4. The second kappa shape index (κ2) is 7.86. The van der Waals surface area contributed by atoms with E-state index in [1.54, 1.807) is 24.5 Å². The highest BCUT2D eigenvalue weighted by molar-refractivity contribution is 5.73. The second-order valence-corrected chi connectivity index (χ2v) is 5.59. The van der Waals surface area contributed by atoms with Crippen LogP contribution in [0.2, 0.25) is 0 Å². The van der Waals surface area contributed by atoms with E-state index in [0.717, 1.165) is 24.0 Å². The molecule has 0 atom stereocenters. The zero-order chi connectivity index (χ0) is 20.1. The molecule has 8 nitrogen and oxygen atoms in total. The molecule has 0 radical (unpaired) electrons. The van der Waals surface area contributed by atoms with E-state index in [0.29, 0.717) is 0 Å². The third kappa shape index (κ3) is 4.50. The molecular formula is C17H13F3N6O2. The number of hydrogen-bond donors (Lipinski definition) is 2. The minimum atomic E-state index is -4.54. The maximum Gasteiger partial charge on any atom is 0.416 e. The molecule has 0 aliphatic heterocycles. The summed E-state index contributed by atoms with van der Waals surface area (Å²) in [6.45, 7) is 0.217. The van der Waals surface area contributed by atoms with Crippen LogP contribution in [0.1, 0.15) is 11.1 Å². The lowest BCUT2D eigenvalue weighted by molar-refractivity contribution is -0.383. The van der Waals surface area contributed by atoms with E-state index in [2.05, 4.69) is 25.6 Å². The van der Waals surface area contributed by atoms with Crippen molar-refractivity contribution in [3.63, 3.8) is 0 Å². The van der Waals surface area contributed by atoms with Crippen LogP contribution in [-0.4, -0.2) is 19.9 Å². The van der Waals surface area contributed by atoms with Gasteiger partial charge in [0, 0.05) is 24.6 Å². The lowest BCUT2D eigenvalue weighted by atomic mass is 10.2. The number of pyridine rings is 1. The Bertz CT molecular complexity index is 982. The fourth-order valence-electron chi connectivity index (χ4n) is 2.37. The van der Waals surface area contributed by atoms with Gasteiger partial charge in [-0.25, -0.2) is 9.97 Å². The quantitative estimate of drug-likeness (QED) is 0.481. The molecule has 0 aliphatic rings. The first kappa shape index (κ1) is 19.0. The predicted octanol–water partition coefficient (Wildman–Crippen LogP) is 4.15. The Labute approximate surface area is 156 Å². The van der Waals surface area contributed by atoms with Crippen LogP contribution in [0.15, 0.2) is 55.1 Å². The van der Waals surface area contributed by atoms with E-state index in [9.17, 15) is 23.3 Å². The van der Waals surface area contributed by atoms with Crippen molar-refractivity contribution in [2.45, 2.75) is 12.7 Å². The molecule has 0 fully saturated rings. The molecule has 0 saturated carbocycles. The number of nitrogens with zero attached hydrogens (tertiary/aromatic N) is 4. The molecule has 0 amide bonds. The van der Waals surface area contributed by atoms with Gasteiger partial charge in [0.25, 0.3) is 0 Å². The van der Waals surface area contributed by atoms with Gasteiger partial charge in [-0.15, -0.1) is 0 Å². The van der Waals surface area contributed by atoms with E-state index in [1.807, 2.05) is 0 Å². The first-order valence-electron chi connectivity index (χ1n) is 7.91. The summed E-state index contributed by atoms with van der Waals surface area (Å²) in [5.41, 5.74) is -0.592. The fraction of sp³-hybridized carbons (Fsp3) is 0.118. The van der Waals surface area contributed by atoms with E-state index in [-0.39, 0.29) is 23.9 Å². The average molecular weight is 390 g/mol. The van der Waals surface area contributed by atoms with E-state index in [4.69, 9.17) is 0 Å². The number of nitrogens with one attached hydrogen (secondary N) is 2. The number of halogens is 3. The Morgan fingerprint density at radius 1 is 1.11 bits per heavy atom. The SMILES string of the molecule is O=[N+]([O-])c1c(NCc2cccnc2)ncnc1Nc1cccc(C(F)(F)F)c1. The molecule has 0 saturated heterocycles. The summed E-state index contributed by atoms with van der Waals surface area (Å²) in [6, 6.07) is 7.78. The van der Waals surface area contributed by atoms with Gasteiger partial charge in [-0.2, -0.15) is 13.2 Å². The van der Waals surface area contributed by atoms with Crippen molar-refractivity contribution < 1.29 is 18.1 Å². The molecule has 2 N–H and O–H groups in total. The fourth-order valence-corrected chi connectivity index (χ4v) is 2.37. The molecule has 0 bridgehead atoms. The largest absolute Gasteiger partial charge is 0.416 e. The Balaban J connectivity index is 1.88. The standard InChI is InChI=1S/C17H13F3N6O2/c18-17(19,20)12-4-1-5-13(7-12)25-16-14(26(27)28)15(23-10-24-16)22-9-11-3-2-6-21-8-11/h1-8,10H,9H2,(H2,22,23,24,25). The zero-order valence-electron chi connectivity index (χ0n) is 14.1. The molecule has 2 heterocycles. The summed E-state index contributed by atoms with van der Waals surface area (Å²) in [5.74, 6) is -0.300. The molecule has 3 rings (SSSR count). The summed E-state index contributed by atoms with van der Waals surface area (Å²) < 4.78 is 38.6. The molecule has 144 valence electrons. The number of nitro groups is 1. The molecule has 0 spiro atoms. The minimum Gasteiger partial charge on any atom is -0.360 e. The van der Waals surface area contributed by atoms with Crippen molar-refractivity contribution >= 4 is 23.0 Å². The Morgan fingerprint density at radius 2 is 1.89 bits per heavy atom. The molecule has 2 aromatic heterocycles. The zero-order valence-corrected chi connectivity index (χ0v) is 14.1. The van der Waals surface area contributed by atoms with E-state index < -0.39 is 22.4 Å². The third-order valence-electron chi connectivity index (χ3n) is 3.64. The van der Waals surface area contributed by atoms with Crippen molar-refractivity contribution in [1.29, 1.82) is 0 Å². The first-order valence-corrected chi connectivity index (χ1v) is 7.91. The summed E-state index contributed by atoms with van der Waals surface area (Å²) in [6.07, 6.45) is -0.282. The van der Waals surface area contributed by atoms with Gasteiger partial charge in [-0.05, 0) is 29.8 Å². The summed E-state index contributed by atoms with van der Waals surface area (Å²) >= 11 is 0. The lowest BCUT2D eigenvalue weighted by Gasteiger charge is -2.12. The smallest absolute Gasteiger partial charge is 0.360 e. The van der Waals surface area contributed by atoms with Crippen LogP contribution >= 0.6 is 0 Å². The number of benzene rings is 1. The normalized spacial score (nSPS) is 11.1. The maximum atomic E-state index is 12.9. The molecule has 0 aliphatic carbocycles. The van der Waals surface area contributed by atoms with Crippen LogP contribution in [0.4, 0.5) is 36.2 Å². The molecular weight excluding hydrogens is 377 g/mol. The molecule has 3 aromatic rings. The summed E-state index contributed by atoms with van der Waals surface area (Å²) in [7, 11) is 0. The van der Waals surface area contributed by atoms with E-state index in [1.165, 1.54) is 12.1 Å². The second-order valence-electron chi connectivity index (χ2n) is 5.59. The van der Waals surface area contributed by atoms with E-state index >= 15 is 0 Å². The van der Waals surface area contributed by atoms with Crippen LogP contribution in [0, 0.1) is 10.1 Å². The minimum absolute atomic E-state index is 0.00911. The molecule has 1 aromatic carbocycles. The monoisotopic (exact) mass is 390 g/mol. The molecule has 28 heavy (non-hydrogen) atoms. The van der Waals surface area contributed by atoms with Gasteiger partial charge in [0.05, 0.1) is 10.5 Å². The van der Waals surface area contributed by atoms with Gasteiger partial charge in [-0.3, -0.25) is 15.1 Å². The Morgan fingerprint density at radius 3 is 2.57 bits per heavy atom. The van der Waals surface area contributed by atoms with Gasteiger partial charge in [-0.1, -0.05) is 12.1 Å². The van der Waals surface area contributed by atoms with Gasteiger partial charge in [0.15, 0.2) is 0 Å². The van der Waals surface area contributed by atoms with Gasteiger partial charge < -0.3 is 10.6 Å². The maximum absolute atomic E-state index is 12.9.